The van der Waals surface area contributed by atoms with E-state index in [0.29, 0.717) is 0 Å². The number of ether oxygens (including phenoxy) is 1. The fourth-order valence-electron chi connectivity index (χ4n) is 2.41. The van der Waals surface area contributed by atoms with E-state index in [1.54, 1.807) is 0 Å². The molecule has 2 aliphatic rings. The minimum atomic E-state index is 0.721. The molecule has 76 valence electrons. The van der Waals surface area contributed by atoms with E-state index in [1.165, 1.54) is 25.7 Å². The first kappa shape index (κ1) is 9.47. The summed E-state index contributed by atoms with van der Waals surface area (Å²) in [5.41, 5.74) is 0. The number of hydrogen-bond donors (Lipinski definition) is 0. The van der Waals surface area contributed by atoms with Gasteiger partial charge in [-0.25, -0.2) is 0 Å². The number of hydrogen-bond acceptors (Lipinski definition) is 2. The van der Waals surface area contributed by atoms with Crippen molar-refractivity contribution < 1.29 is 4.74 Å². The van der Waals surface area contributed by atoms with Gasteiger partial charge in [-0.3, -0.25) is 4.90 Å². The quantitative estimate of drug-likeness (QED) is 0.648. The largest absolute Gasteiger partial charge is 0.378 e. The molecule has 0 spiro atoms. The molecule has 2 fully saturated rings. The first-order chi connectivity index (χ1) is 6.27. The average Bonchev–Trinajstić information content (AvgIpc) is 2.02. The van der Waals surface area contributed by atoms with Crippen LogP contribution in [-0.4, -0.2) is 37.2 Å². The molecule has 1 aliphatic heterocycles. The Kier molecular flexibility index (Phi) is 2.89. The Morgan fingerprint density at radius 1 is 1.00 bits per heavy atom. The zero-order chi connectivity index (χ0) is 9.26. The molecule has 0 N–H and O–H groups in total. The van der Waals surface area contributed by atoms with Gasteiger partial charge in [-0.2, -0.15) is 0 Å². The van der Waals surface area contributed by atoms with E-state index in [2.05, 4.69) is 18.9 Å². The van der Waals surface area contributed by atoms with Crippen molar-refractivity contribution in [3.63, 3.8) is 0 Å². The van der Waals surface area contributed by atoms with Crippen molar-refractivity contribution in [1.29, 1.82) is 0 Å². The fraction of sp³-hybridized carbons (Fsp3) is 1.00. The van der Waals surface area contributed by atoms with Gasteiger partial charge in [-0.05, 0) is 38.6 Å². The monoisotopic (exact) mass is 183 g/mol. The van der Waals surface area contributed by atoms with Crippen LogP contribution < -0.4 is 0 Å². The summed E-state index contributed by atoms with van der Waals surface area (Å²) >= 11 is 0. The van der Waals surface area contributed by atoms with Gasteiger partial charge in [-0.1, -0.05) is 6.92 Å². The first-order valence-corrected chi connectivity index (χ1v) is 5.57. The van der Waals surface area contributed by atoms with Crippen molar-refractivity contribution in [3.05, 3.63) is 0 Å². The van der Waals surface area contributed by atoms with Gasteiger partial charge in [0.15, 0.2) is 0 Å². The molecule has 2 nitrogen and oxygen atoms in total. The summed E-state index contributed by atoms with van der Waals surface area (Å²) in [5, 5.41) is 0. The molecule has 13 heavy (non-hydrogen) atoms. The van der Waals surface area contributed by atoms with Crippen LogP contribution in [0.2, 0.25) is 0 Å². The summed E-state index contributed by atoms with van der Waals surface area (Å²) < 4.78 is 5.23. The van der Waals surface area contributed by atoms with E-state index < -0.39 is 0 Å². The van der Waals surface area contributed by atoms with E-state index in [-0.39, 0.29) is 0 Å². The van der Waals surface area contributed by atoms with Crippen LogP contribution in [0.5, 0.6) is 0 Å². The zero-order valence-corrected chi connectivity index (χ0v) is 8.83. The fourth-order valence-corrected chi connectivity index (χ4v) is 2.41. The second kappa shape index (κ2) is 3.97. The molecule has 1 aliphatic carbocycles. The second-order valence-electron chi connectivity index (χ2n) is 4.77. The van der Waals surface area contributed by atoms with Crippen molar-refractivity contribution in [2.45, 2.75) is 44.7 Å². The average molecular weight is 183 g/mol. The van der Waals surface area contributed by atoms with Crippen LogP contribution in [-0.2, 0) is 4.74 Å². The van der Waals surface area contributed by atoms with Crippen molar-refractivity contribution in [2.75, 3.05) is 20.3 Å². The van der Waals surface area contributed by atoms with E-state index in [9.17, 15) is 0 Å². The van der Waals surface area contributed by atoms with Gasteiger partial charge in [0.05, 0.1) is 19.3 Å². The molecule has 0 unspecified atom stereocenters. The topological polar surface area (TPSA) is 12.5 Å². The second-order valence-corrected chi connectivity index (χ2v) is 4.77. The Morgan fingerprint density at radius 3 is 2.08 bits per heavy atom. The van der Waals surface area contributed by atoms with Gasteiger partial charge in [0.25, 0.3) is 0 Å². The Hall–Kier alpha value is -0.0800. The molecule has 0 aromatic rings. The lowest BCUT2D eigenvalue weighted by molar-refractivity contribution is -0.0746. The van der Waals surface area contributed by atoms with Crippen molar-refractivity contribution in [3.8, 4) is 0 Å². The molecule has 1 saturated heterocycles. The number of likely N-dealkylation sites (N-methyl/N-ethyl adjacent to an activating group) is 1. The smallest absolute Gasteiger partial charge is 0.0645 e. The highest BCUT2D eigenvalue weighted by molar-refractivity contribution is 4.83. The van der Waals surface area contributed by atoms with Crippen molar-refractivity contribution >= 4 is 0 Å². The summed E-state index contributed by atoms with van der Waals surface area (Å²) in [7, 11) is 2.27. The van der Waals surface area contributed by atoms with Gasteiger partial charge in [0.2, 0.25) is 0 Å². The molecular weight excluding hydrogens is 162 g/mol. The van der Waals surface area contributed by atoms with Crippen LogP contribution in [0.4, 0.5) is 0 Å². The molecule has 0 aromatic carbocycles. The number of nitrogens with zero attached hydrogens (tertiary/aromatic N) is 1. The van der Waals surface area contributed by atoms with Gasteiger partial charge < -0.3 is 4.74 Å². The Bertz CT molecular complexity index is 159. The molecule has 1 heterocycles. The van der Waals surface area contributed by atoms with Crippen LogP contribution in [0.3, 0.4) is 0 Å². The number of rotatable bonds is 2. The summed E-state index contributed by atoms with van der Waals surface area (Å²) in [6.45, 7) is 4.30. The third-order valence-corrected chi connectivity index (χ3v) is 3.76. The lowest BCUT2D eigenvalue weighted by Crippen LogP contribution is -2.52. The lowest BCUT2D eigenvalue weighted by atomic mass is 9.86. The molecular formula is C11H21NO. The van der Waals surface area contributed by atoms with E-state index in [0.717, 1.165) is 31.2 Å². The Balaban J connectivity index is 1.79. The highest BCUT2D eigenvalue weighted by Crippen LogP contribution is 2.28. The predicted molar refractivity (Wildman–Crippen MR) is 53.8 cm³/mol. The van der Waals surface area contributed by atoms with Gasteiger partial charge >= 0.3 is 0 Å². The summed E-state index contributed by atoms with van der Waals surface area (Å²) in [4.78, 5) is 2.55. The van der Waals surface area contributed by atoms with E-state index >= 15 is 0 Å². The molecule has 0 bridgehead atoms. The van der Waals surface area contributed by atoms with E-state index in [4.69, 9.17) is 4.74 Å². The highest BCUT2D eigenvalue weighted by atomic mass is 16.5. The SMILES string of the molecule is CN(C1COC1)[C@H]1CC[C@H](C)CC1. The molecule has 0 radical (unpaired) electrons. The third kappa shape index (κ3) is 2.05. The van der Waals surface area contributed by atoms with Gasteiger partial charge in [0.1, 0.15) is 0 Å². The molecule has 1 saturated carbocycles. The normalized spacial score (nSPS) is 36.2. The van der Waals surface area contributed by atoms with Gasteiger partial charge in [0, 0.05) is 6.04 Å². The van der Waals surface area contributed by atoms with Crippen LogP contribution >= 0.6 is 0 Å². The maximum Gasteiger partial charge on any atom is 0.0645 e. The summed E-state index contributed by atoms with van der Waals surface area (Å²) in [6.07, 6.45) is 5.63. The lowest BCUT2D eigenvalue weighted by Gasteiger charge is -2.42. The standard InChI is InChI=1S/C11H21NO/c1-9-3-5-10(6-4-9)12(2)11-7-13-8-11/h9-11H,3-8H2,1-2H3/t9-,10-. The highest BCUT2D eigenvalue weighted by Gasteiger charge is 2.30. The molecule has 0 aromatic heterocycles. The minimum absolute atomic E-state index is 0.721. The Labute approximate surface area is 81.3 Å². The maximum absolute atomic E-state index is 5.23. The molecule has 0 atom stereocenters. The van der Waals surface area contributed by atoms with Crippen molar-refractivity contribution in [2.24, 2.45) is 5.92 Å². The van der Waals surface area contributed by atoms with Crippen LogP contribution in [0.25, 0.3) is 0 Å². The molecule has 2 rings (SSSR count). The Morgan fingerprint density at radius 2 is 1.62 bits per heavy atom. The summed E-state index contributed by atoms with van der Waals surface area (Å²) in [6, 6.07) is 1.56. The molecule has 2 heteroatoms. The van der Waals surface area contributed by atoms with Crippen LogP contribution in [0, 0.1) is 5.92 Å². The van der Waals surface area contributed by atoms with Crippen LogP contribution in [0.1, 0.15) is 32.6 Å². The van der Waals surface area contributed by atoms with Crippen molar-refractivity contribution in [1.82, 2.24) is 4.90 Å². The molecule has 0 amide bonds. The third-order valence-electron chi connectivity index (χ3n) is 3.76. The van der Waals surface area contributed by atoms with Crippen LogP contribution in [0.15, 0.2) is 0 Å². The van der Waals surface area contributed by atoms with E-state index in [1.807, 2.05) is 0 Å². The zero-order valence-electron chi connectivity index (χ0n) is 8.83. The summed E-state index contributed by atoms with van der Waals surface area (Å²) in [5.74, 6) is 0.960. The minimum Gasteiger partial charge on any atom is -0.378 e. The van der Waals surface area contributed by atoms with Gasteiger partial charge in [-0.15, -0.1) is 0 Å². The predicted octanol–water partition coefficient (Wildman–Crippen LogP) is 1.90. The maximum atomic E-state index is 5.23. The first-order valence-electron chi connectivity index (χ1n) is 5.57.